The molecule has 2 heterocycles. The van der Waals surface area contributed by atoms with Crippen LogP contribution in [0.1, 0.15) is 63.2 Å². The van der Waals surface area contributed by atoms with Gasteiger partial charge in [-0.05, 0) is 29.9 Å². The van der Waals surface area contributed by atoms with E-state index in [4.69, 9.17) is 4.42 Å². The van der Waals surface area contributed by atoms with E-state index in [9.17, 15) is 9.18 Å². The third-order valence-electron chi connectivity index (χ3n) is 4.70. The Balaban J connectivity index is 1.65. The summed E-state index contributed by atoms with van der Waals surface area (Å²) in [5.74, 6) is 1.39. The lowest BCUT2D eigenvalue weighted by molar-refractivity contribution is -0.134. The third kappa shape index (κ3) is 4.71. The minimum absolute atomic E-state index is 0.0140. The molecule has 140 valence electrons. The first-order valence-corrected chi connectivity index (χ1v) is 9.27. The highest BCUT2D eigenvalue weighted by molar-refractivity contribution is 5.77. The number of aromatic nitrogens is 1. The molecule has 0 aliphatic carbocycles. The van der Waals surface area contributed by atoms with E-state index in [1.807, 2.05) is 11.0 Å². The number of piperidine rings is 1. The lowest BCUT2D eigenvalue weighted by Gasteiger charge is -2.33. The van der Waals surface area contributed by atoms with Crippen LogP contribution in [0.25, 0.3) is 0 Å². The van der Waals surface area contributed by atoms with Crippen molar-refractivity contribution < 1.29 is 13.6 Å². The van der Waals surface area contributed by atoms with E-state index < -0.39 is 0 Å². The number of hydrogen-bond donors (Lipinski definition) is 0. The molecule has 1 amide bonds. The Kier molecular flexibility index (Phi) is 5.44. The van der Waals surface area contributed by atoms with E-state index in [1.54, 1.807) is 18.3 Å². The summed E-state index contributed by atoms with van der Waals surface area (Å²) >= 11 is 0. The molecule has 26 heavy (non-hydrogen) atoms. The quantitative estimate of drug-likeness (QED) is 0.806. The predicted molar refractivity (Wildman–Crippen MR) is 98.3 cm³/mol. The van der Waals surface area contributed by atoms with Crippen LogP contribution in [-0.4, -0.2) is 28.9 Å². The molecule has 1 fully saturated rings. The first-order chi connectivity index (χ1) is 12.3. The van der Waals surface area contributed by atoms with Crippen LogP contribution in [0, 0.1) is 11.2 Å². The fourth-order valence-corrected chi connectivity index (χ4v) is 3.39. The molecule has 0 N–H and O–H groups in total. The summed E-state index contributed by atoms with van der Waals surface area (Å²) in [6.45, 7) is 7.68. The van der Waals surface area contributed by atoms with Crippen molar-refractivity contribution in [3.63, 3.8) is 0 Å². The van der Waals surface area contributed by atoms with Gasteiger partial charge in [0.15, 0.2) is 5.89 Å². The molecule has 1 atom stereocenters. The highest BCUT2D eigenvalue weighted by atomic mass is 19.1. The van der Waals surface area contributed by atoms with Crippen molar-refractivity contribution in [3.05, 3.63) is 53.5 Å². The van der Waals surface area contributed by atoms with Crippen LogP contribution in [0.2, 0.25) is 0 Å². The summed E-state index contributed by atoms with van der Waals surface area (Å²) < 4.78 is 19.7. The molecule has 1 aromatic carbocycles. The molecule has 1 aliphatic rings. The smallest absolute Gasteiger partial charge is 0.223 e. The van der Waals surface area contributed by atoms with Gasteiger partial charge in [0.2, 0.25) is 5.91 Å². The Morgan fingerprint density at radius 1 is 1.35 bits per heavy atom. The Morgan fingerprint density at radius 2 is 2.12 bits per heavy atom. The fourth-order valence-electron chi connectivity index (χ4n) is 3.39. The first kappa shape index (κ1) is 18.6. The second kappa shape index (κ2) is 7.60. The minimum Gasteiger partial charge on any atom is -0.445 e. The van der Waals surface area contributed by atoms with Gasteiger partial charge in [0.25, 0.3) is 0 Å². The number of hydrogen-bond acceptors (Lipinski definition) is 3. The molecule has 1 aliphatic heterocycles. The van der Waals surface area contributed by atoms with Crippen LogP contribution in [0.5, 0.6) is 0 Å². The molecule has 4 nitrogen and oxygen atoms in total. The maximum Gasteiger partial charge on any atom is 0.223 e. The predicted octanol–water partition coefficient (Wildman–Crippen LogP) is 4.55. The second-order valence-corrected chi connectivity index (χ2v) is 8.35. The number of benzene rings is 1. The molecule has 0 radical (unpaired) electrons. The number of carbonyl (C=O) groups is 1. The first-order valence-electron chi connectivity index (χ1n) is 9.27. The maximum atomic E-state index is 13.8. The molecule has 0 saturated carbocycles. The number of carbonyl (C=O) groups excluding carboxylic acids is 1. The van der Waals surface area contributed by atoms with Crippen LogP contribution in [0.15, 0.2) is 34.9 Å². The van der Waals surface area contributed by atoms with Crippen molar-refractivity contribution in [2.45, 2.75) is 52.4 Å². The molecule has 0 unspecified atom stereocenters. The standard InChI is InChI=1S/C21H27FN2O2/c1-21(2,3)12-19(25)24-10-6-8-16(14-24)20-23-13-17(26-20)11-15-7-4-5-9-18(15)22/h4-5,7,9,13,16H,6,8,10-12,14H2,1-3H3/t16-/m0/s1. The number of likely N-dealkylation sites (tertiary alicyclic amines) is 1. The van der Waals surface area contributed by atoms with Gasteiger partial charge in [-0.2, -0.15) is 0 Å². The molecule has 2 aromatic rings. The molecular formula is C21H27FN2O2. The summed E-state index contributed by atoms with van der Waals surface area (Å²) in [4.78, 5) is 18.8. The van der Waals surface area contributed by atoms with Crippen LogP contribution in [0.4, 0.5) is 4.39 Å². The summed E-state index contributed by atoms with van der Waals surface area (Å²) in [5.41, 5.74) is 0.584. The highest BCUT2D eigenvalue weighted by Crippen LogP contribution is 2.29. The van der Waals surface area contributed by atoms with Gasteiger partial charge in [-0.3, -0.25) is 4.79 Å². The van der Waals surface area contributed by atoms with Gasteiger partial charge in [0, 0.05) is 25.9 Å². The van der Waals surface area contributed by atoms with E-state index in [1.165, 1.54) is 6.07 Å². The monoisotopic (exact) mass is 358 g/mol. The molecule has 5 heteroatoms. The molecule has 0 spiro atoms. The number of rotatable bonds is 4. The van der Waals surface area contributed by atoms with Gasteiger partial charge < -0.3 is 9.32 Å². The van der Waals surface area contributed by atoms with Crippen molar-refractivity contribution in [2.24, 2.45) is 5.41 Å². The molecule has 0 bridgehead atoms. The molecule has 1 saturated heterocycles. The number of amides is 1. The Morgan fingerprint density at radius 3 is 2.85 bits per heavy atom. The van der Waals surface area contributed by atoms with Gasteiger partial charge in [0.1, 0.15) is 11.6 Å². The SMILES string of the molecule is CC(C)(C)CC(=O)N1CCC[C@H](c2ncc(Cc3ccccc3F)o2)C1. The highest BCUT2D eigenvalue weighted by Gasteiger charge is 2.29. The zero-order valence-corrected chi connectivity index (χ0v) is 15.8. The summed E-state index contributed by atoms with van der Waals surface area (Å²) in [6, 6.07) is 6.70. The van der Waals surface area contributed by atoms with Gasteiger partial charge in [-0.1, -0.05) is 39.0 Å². The van der Waals surface area contributed by atoms with Crippen LogP contribution >= 0.6 is 0 Å². The van der Waals surface area contributed by atoms with E-state index >= 15 is 0 Å². The Labute approximate surface area is 154 Å². The normalized spacial score (nSPS) is 18.2. The zero-order chi connectivity index (χ0) is 18.7. The van der Waals surface area contributed by atoms with Crippen molar-refractivity contribution in [2.75, 3.05) is 13.1 Å². The molecular weight excluding hydrogens is 331 g/mol. The van der Waals surface area contributed by atoms with Gasteiger partial charge >= 0.3 is 0 Å². The van der Waals surface area contributed by atoms with Gasteiger partial charge in [-0.15, -0.1) is 0 Å². The lowest BCUT2D eigenvalue weighted by atomic mass is 9.90. The zero-order valence-electron chi connectivity index (χ0n) is 15.8. The van der Waals surface area contributed by atoms with Crippen molar-refractivity contribution in [1.82, 2.24) is 9.88 Å². The topological polar surface area (TPSA) is 46.3 Å². The average molecular weight is 358 g/mol. The van der Waals surface area contributed by atoms with Crippen LogP contribution in [0.3, 0.4) is 0 Å². The number of nitrogens with zero attached hydrogens (tertiary/aromatic N) is 2. The third-order valence-corrected chi connectivity index (χ3v) is 4.70. The minimum atomic E-state index is -0.234. The van der Waals surface area contributed by atoms with E-state index in [2.05, 4.69) is 25.8 Å². The van der Waals surface area contributed by atoms with Crippen LogP contribution < -0.4 is 0 Å². The lowest BCUT2D eigenvalue weighted by Crippen LogP contribution is -2.40. The Hall–Kier alpha value is -2.17. The molecule has 3 rings (SSSR count). The van der Waals surface area contributed by atoms with Crippen molar-refractivity contribution >= 4 is 5.91 Å². The second-order valence-electron chi connectivity index (χ2n) is 8.35. The van der Waals surface area contributed by atoms with Crippen molar-refractivity contribution in [3.8, 4) is 0 Å². The van der Waals surface area contributed by atoms with Gasteiger partial charge in [-0.25, -0.2) is 9.37 Å². The summed E-state index contributed by atoms with van der Waals surface area (Å²) in [7, 11) is 0. The van der Waals surface area contributed by atoms with E-state index in [-0.39, 0.29) is 23.1 Å². The molecule has 1 aromatic heterocycles. The average Bonchev–Trinajstić information content (AvgIpc) is 3.04. The number of halogens is 1. The fraction of sp³-hybridized carbons (Fsp3) is 0.524. The number of oxazole rings is 1. The van der Waals surface area contributed by atoms with Crippen LogP contribution in [-0.2, 0) is 11.2 Å². The van der Waals surface area contributed by atoms with E-state index in [0.717, 1.165) is 19.4 Å². The Bertz CT molecular complexity index is 763. The summed E-state index contributed by atoms with van der Waals surface area (Å²) in [6.07, 6.45) is 4.52. The van der Waals surface area contributed by atoms with Gasteiger partial charge in [0.05, 0.1) is 12.1 Å². The largest absolute Gasteiger partial charge is 0.445 e. The summed E-state index contributed by atoms with van der Waals surface area (Å²) in [5, 5.41) is 0. The van der Waals surface area contributed by atoms with Crippen molar-refractivity contribution in [1.29, 1.82) is 0 Å². The van der Waals surface area contributed by atoms with E-state index in [0.29, 0.717) is 36.6 Å². The maximum absolute atomic E-state index is 13.8.